The predicted molar refractivity (Wildman–Crippen MR) is 52.2 cm³/mol. The Kier molecular flexibility index (Phi) is 7.37. The number of aliphatic carboxylic acids is 1. The average Bonchev–Trinajstić information content (AvgIpc) is 2.12. The molecule has 3 N–H and O–H groups in total. The molecule has 2 atom stereocenters. The normalized spacial score (nSPS) is 15.1. The summed E-state index contributed by atoms with van der Waals surface area (Å²) < 4.78 is 4.73. The van der Waals surface area contributed by atoms with Crippen LogP contribution in [-0.2, 0) is 9.53 Å². The molecule has 0 bridgehead atoms. The molecule has 0 aromatic rings. The zero-order valence-corrected chi connectivity index (χ0v) is 8.69. The van der Waals surface area contributed by atoms with Gasteiger partial charge in [0.05, 0.1) is 12.7 Å². The van der Waals surface area contributed by atoms with E-state index in [1.54, 1.807) is 0 Å². The number of carboxylic acids is 1. The third-order valence-corrected chi connectivity index (χ3v) is 1.85. The second-order valence-corrected chi connectivity index (χ2v) is 3.20. The number of aliphatic hydroxyl groups excluding tert-OH is 1. The molecule has 0 amide bonds. The number of hydrogen-bond acceptors (Lipinski definition) is 4. The predicted octanol–water partition coefficient (Wildman–Crippen LogP) is -0.163. The Morgan fingerprint density at radius 2 is 2.21 bits per heavy atom. The van der Waals surface area contributed by atoms with Crippen molar-refractivity contribution < 1.29 is 19.7 Å². The van der Waals surface area contributed by atoms with Gasteiger partial charge >= 0.3 is 5.97 Å². The van der Waals surface area contributed by atoms with Crippen LogP contribution in [0.4, 0.5) is 0 Å². The van der Waals surface area contributed by atoms with Crippen molar-refractivity contribution in [2.75, 3.05) is 20.3 Å². The van der Waals surface area contributed by atoms with Crippen LogP contribution in [0.3, 0.4) is 0 Å². The van der Waals surface area contributed by atoms with Gasteiger partial charge in [0.15, 0.2) is 0 Å². The van der Waals surface area contributed by atoms with Crippen molar-refractivity contribution in [1.29, 1.82) is 0 Å². The second kappa shape index (κ2) is 7.73. The van der Waals surface area contributed by atoms with Crippen molar-refractivity contribution in [1.82, 2.24) is 5.32 Å². The summed E-state index contributed by atoms with van der Waals surface area (Å²) in [5, 5.41) is 20.8. The molecule has 0 fully saturated rings. The van der Waals surface area contributed by atoms with Crippen LogP contribution < -0.4 is 5.32 Å². The van der Waals surface area contributed by atoms with E-state index < -0.39 is 18.1 Å². The molecule has 84 valence electrons. The highest BCUT2D eigenvalue weighted by molar-refractivity contribution is 5.73. The van der Waals surface area contributed by atoms with Gasteiger partial charge in [-0.25, -0.2) is 0 Å². The lowest BCUT2D eigenvalue weighted by Crippen LogP contribution is -2.43. The second-order valence-electron chi connectivity index (χ2n) is 3.20. The quantitative estimate of drug-likeness (QED) is 0.513. The largest absolute Gasteiger partial charge is 0.480 e. The molecule has 0 aliphatic carbocycles. The lowest BCUT2D eigenvalue weighted by Gasteiger charge is -2.16. The Bertz CT molecular complexity index is 163. The fourth-order valence-electron chi connectivity index (χ4n) is 1.10. The van der Waals surface area contributed by atoms with Crippen molar-refractivity contribution in [3.8, 4) is 0 Å². The maximum absolute atomic E-state index is 10.6. The Labute approximate surface area is 84.1 Å². The highest BCUT2D eigenvalue weighted by Crippen LogP contribution is 1.95. The fraction of sp³-hybridized carbons (Fsp3) is 0.889. The Morgan fingerprint density at radius 1 is 1.57 bits per heavy atom. The first kappa shape index (κ1) is 13.4. The van der Waals surface area contributed by atoms with Crippen LogP contribution in [0.2, 0.25) is 0 Å². The molecule has 0 heterocycles. The third kappa shape index (κ3) is 5.90. The smallest absolute Gasteiger partial charge is 0.323 e. The minimum atomic E-state index is -0.962. The minimum Gasteiger partial charge on any atom is -0.480 e. The summed E-state index contributed by atoms with van der Waals surface area (Å²) in [5.41, 5.74) is 0. The number of nitrogens with one attached hydrogen (secondary N) is 1. The van der Waals surface area contributed by atoms with Crippen LogP contribution in [0.25, 0.3) is 0 Å². The number of carbonyl (C=O) groups is 1. The summed E-state index contributed by atoms with van der Waals surface area (Å²) in [5.74, 6) is -0.962. The fourth-order valence-corrected chi connectivity index (χ4v) is 1.10. The third-order valence-electron chi connectivity index (χ3n) is 1.85. The Hall–Kier alpha value is -0.650. The summed E-state index contributed by atoms with van der Waals surface area (Å²) >= 11 is 0. The van der Waals surface area contributed by atoms with Crippen molar-refractivity contribution in [2.45, 2.75) is 31.9 Å². The number of aliphatic hydroxyl groups is 1. The van der Waals surface area contributed by atoms with Crippen LogP contribution >= 0.6 is 0 Å². The molecule has 0 aromatic carbocycles. The van der Waals surface area contributed by atoms with Gasteiger partial charge in [-0.2, -0.15) is 0 Å². The van der Waals surface area contributed by atoms with E-state index in [9.17, 15) is 9.90 Å². The molecule has 0 saturated heterocycles. The van der Waals surface area contributed by atoms with E-state index in [2.05, 4.69) is 5.32 Å². The topological polar surface area (TPSA) is 78.8 Å². The van der Waals surface area contributed by atoms with Crippen molar-refractivity contribution in [2.24, 2.45) is 0 Å². The van der Waals surface area contributed by atoms with Crippen LogP contribution in [0.1, 0.15) is 19.8 Å². The van der Waals surface area contributed by atoms with Gasteiger partial charge in [0.25, 0.3) is 0 Å². The zero-order chi connectivity index (χ0) is 11.0. The summed E-state index contributed by atoms with van der Waals surface area (Å²) in [7, 11) is 1.44. The summed E-state index contributed by atoms with van der Waals surface area (Å²) in [6.07, 6.45) is 1.07. The molecular weight excluding hydrogens is 186 g/mol. The molecule has 0 rings (SSSR count). The molecule has 0 aromatic heterocycles. The van der Waals surface area contributed by atoms with Crippen molar-refractivity contribution >= 4 is 5.97 Å². The number of hydrogen-bond donors (Lipinski definition) is 3. The van der Waals surface area contributed by atoms with Crippen LogP contribution in [-0.4, -0.2) is 48.6 Å². The molecule has 0 radical (unpaired) electrons. The van der Waals surface area contributed by atoms with Gasteiger partial charge in [0.2, 0.25) is 0 Å². The van der Waals surface area contributed by atoms with E-state index in [-0.39, 0.29) is 13.2 Å². The number of ether oxygens (including phenoxy) is 1. The number of methoxy groups -OCH3 is 1. The van der Waals surface area contributed by atoms with E-state index in [4.69, 9.17) is 9.84 Å². The molecule has 2 unspecified atom stereocenters. The van der Waals surface area contributed by atoms with Crippen LogP contribution in [0.15, 0.2) is 0 Å². The molecule has 5 nitrogen and oxygen atoms in total. The van der Waals surface area contributed by atoms with E-state index in [1.807, 2.05) is 6.92 Å². The van der Waals surface area contributed by atoms with Crippen molar-refractivity contribution in [3.05, 3.63) is 0 Å². The average molecular weight is 205 g/mol. The van der Waals surface area contributed by atoms with Gasteiger partial charge in [0.1, 0.15) is 6.04 Å². The van der Waals surface area contributed by atoms with Crippen LogP contribution in [0, 0.1) is 0 Å². The molecule has 0 aliphatic heterocycles. The highest BCUT2D eigenvalue weighted by Gasteiger charge is 2.17. The van der Waals surface area contributed by atoms with Gasteiger partial charge in [-0.15, -0.1) is 0 Å². The monoisotopic (exact) mass is 205 g/mol. The van der Waals surface area contributed by atoms with Gasteiger partial charge < -0.3 is 14.9 Å². The molecule has 0 saturated carbocycles. The van der Waals surface area contributed by atoms with Crippen LogP contribution in [0.5, 0.6) is 0 Å². The molecular formula is C9H19NO4. The Morgan fingerprint density at radius 3 is 2.64 bits per heavy atom. The maximum atomic E-state index is 10.6. The lowest BCUT2D eigenvalue weighted by molar-refractivity contribution is -0.140. The first-order valence-electron chi connectivity index (χ1n) is 4.75. The standard InChI is InChI=1S/C9H19NO4/c1-3-4-7(11)5-10-8(6-14-2)9(12)13/h7-8,10-11H,3-6H2,1-2H3,(H,12,13). The van der Waals surface area contributed by atoms with Gasteiger partial charge in [-0.1, -0.05) is 13.3 Å². The molecule has 5 heteroatoms. The number of carboxylic acid groups (broad SMARTS) is 1. The lowest BCUT2D eigenvalue weighted by atomic mass is 10.2. The molecule has 0 aliphatic rings. The zero-order valence-electron chi connectivity index (χ0n) is 8.69. The van der Waals surface area contributed by atoms with Gasteiger partial charge in [0, 0.05) is 13.7 Å². The number of rotatable bonds is 8. The minimum absolute atomic E-state index is 0.105. The first-order chi connectivity index (χ1) is 6.61. The summed E-state index contributed by atoms with van der Waals surface area (Å²) in [6.45, 7) is 2.36. The van der Waals surface area contributed by atoms with E-state index in [0.29, 0.717) is 6.42 Å². The first-order valence-corrected chi connectivity index (χ1v) is 4.75. The van der Waals surface area contributed by atoms with Crippen molar-refractivity contribution in [3.63, 3.8) is 0 Å². The highest BCUT2D eigenvalue weighted by atomic mass is 16.5. The maximum Gasteiger partial charge on any atom is 0.323 e. The van der Waals surface area contributed by atoms with E-state index in [1.165, 1.54) is 7.11 Å². The molecule has 14 heavy (non-hydrogen) atoms. The SMILES string of the molecule is CCCC(O)CNC(COC)C(=O)O. The van der Waals surface area contributed by atoms with E-state index in [0.717, 1.165) is 6.42 Å². The van der Waals surface area contributed by atoms with E-state index >= 15 is 0 Å². The van der Waals surface area contributed by atoms with Gasteiger partial charge in [-0.05, 0) is 6.42 Å². The summed E-state index contributed by atoms with van der Waals surface area (Å²) in [6, 6.07) is -0.744. The Balaban J connectivity index is 3.75. The van der Waals surface area contributed by atoms with Gasteiger partial charge in [-0.3, -0.25) is 10.1 Å². The molecule has 0 spiro atoms. The summed E-state index contributed by atoms with van der Waals surface area (Å²) in [4.78, 5) is 10.6.